The Labute approximate surface area is 233 Å². The molecule has 0 aliphatic carbocycles. The van der Waals surface area contributed by atoms with Gasteiger partial charge >= 0.3 is 6.03 Å². The van der Waals surface area contributed by atoms with E-state index in [2.05, 4.69) is 15.4 Å². The van der Waals surface area contributed by atoms with Gasteiger partial charge in [-0.15, -0.1) is 0 Å². The number of anilines is 2. The van der Waals surface area contributed by atoms with Crippen molar-refractivity contribution in [3.8, 4) is 16.9 Å². The van der Waals surface area contributed by atoms with Crippen LogP contribution >= 0.6 is 23.2 Å². The maximum absolute atomic E-state index is 14.4. The van der Waals surface area contributed by atoms with Gasteiger partial charge in [-0.25, -0.2) is 18.3 Å². The fourth-order valence-corrected chi connectivity index (χ4v) is 4.41. The summed E-state index contributed by atoms with van der Waals surface area (Å²) in [4.78, 5) is 25.1. The van der Waals surface area contributed by atoms with Crippen molar-refractivity contribution >= 4 is 40.7 Å². The van der Waals surface area contributed by atoms with Gasteiger partial charge in [-0.2, -0.15) is 5.10 Å². The van der Waals surface area contributed by atoms with Gasteiger partial charge in [0.15, 0.2) is 0 Å². The van der Waals surface area contributed by atoms with Crippen LogP contribution in [0.5, 0.6) is 0 Å². The highest BCUT2D eigenvalue weighted by molar-refractivity contribution is 6.42. The molecule has 0 aliphatic rings. The second-order valence-corrected chi connectivity index (χ2v) is 9.72. The van der Waals surface area contributed by atoms with E-state index in [1.54, 1.807) is 30.9 Å². The van der Waals surface area contributed by atoms with Crippen molar-refractivity contribution in [3.05, 3.63) is 92.3 Å². The van der Waals surface area contributed by atoms with E-state index < -0.39 is 25.0 Å². The van der Waals surface area contributed by atoms with Gasteiger partial charge in [0.1, 0.15) is 12.4 Å². The van der Waals surface area contributed by atoms with Gasteiger partial charge in [-0.05, 0) is 42.8 Å². The first-order valence-corrected chi connectivity index (χ1v) is 12.5. The fraction of sp³-hybridized carbons (Fsp3) is 0.222. The molecule has 2 heterocycles. The molecule has 2 aromatic heterocycles. The van der Waals surface area contributed by atoms with Crippen molar-refractivity contribution < 1.29 is 18.3 Å². The molecular weight excluding hydrogens is 551 g/mol. The lowest BCUT2D eigenvalue weighted by molar-refractivity contribution is -0.0629. The lowest BCUT2D eigenvalue weighted by Gasteiger charge is -2.19. The fourth-order valence-electron chi connectivity index (χ4n) is 4.06. The lowest BCUT2D eigenvalue weighted by Crippen LogP contribution is -2.27. The van der Waals surface area contributed by atoms with Crippen molar-refractivity contribution in [2.75, 3.05) is 24.4 Å². The summed E-state index contributed by atoms with van der Waals surface area (Å²) in [6, 6.07) is 14.1. The zero-order chi connectivity index (χ0) is 28.3. The predicted molar refractivity (Wildman–Crippen MR) is 149 cm³/mol. The number of methoxy groups -OCH3 is 1. The summed E-state index contributed by atoms with van der Waals surface area (Å²) in [5, 5.41) is 10.3. The second-order valence-electron chi connectivity index (χ2n) is 8.90. The number of carbonyl (C=O) groups is 1. The zero-order valence-corrected chi connectivity index (χ0v) is 22.8. The van der Waals surface area contributed by atoms with Crippen LogP contribution in [0.4, 0.5) is 25.1 Å². The third kappa shape index (κ3) is 6.47. The van der Waals surface area contributed by atoms with Gasteiger partial charge in [0.2, 0.25) is 5.56 Å². The first kappa shape index (κ1) is 28.3. The van der Waals surface area contributed by atoms with Gasteiger partial charge in [0.05, 0.1) is 21.4 Å². The summed E-state index contributed by atoms with van der Waals surface area (Å²) in [6.45, 7) is 0.973. The molecule has 0 radical (unpaired) electrons. The van der Waals surface area contributed by atoms with Crippen molar-refractivity contribution in [1.29, 1.82) is 0 Å². The summed E-state index contributed by atoms with van der Waals surface area (Å²) >= 11 is 12.2. The Morgan fingerprint density at radius 1 is 1.08 bits per heavy atom. The maximum Gasteiger partial charge on any atom is 0.324 e. The zero-order valence-electron chi connectivity index (χ0n) is 21.3. The van der Waals surface area contributed by atoms with E-state index in [1.165, 1.54) is 29.9 Å². The average molecular weight is 576 g/mol. The van der Waals surface area contributed by atoms with Crippen LogP contribution in [-0.4, -0.2) is 40.0 Å². The number of aryl methyl sites for hydroxylation is 1. The molecule has 0 atom stereocenters. The van der Waals surface area contributed by atoms with E-state index in [9.17, 15) is 18.4 Å². The number of halogens is 4. The molecule has 2 amide bonds. The van der Waals surface area contributed by atoms with Gasteiger partial charge in [-0.3, -0.25) is 10.1 Å². The highest BCUT2D eigenvalue weighted by atomic mass is 35.5. The molecule has 0 spiro atoms. The monoisotopic (exact) mass is 575 g/mol. The first-order chi connectivity index (χ1) is 18.5. The van der Waals surface area contributed by atoms with E-state index >= 15 is 0 Å². The number of nitrogens with one attached hydrogen (secondary N) is 2. The molecule has 0 unspecified atom stereocenters. The van der Waals surface area contributed by atoms with Crippen LogP contribution in [0.2, 0.25) is 10.0 Å². The van der Waals surface area contributed by atoms with Crippen molar-refractivity contribution in [2.24, 2.45) is 7.05 Å². The van der Waals surface area contributed by atoms with Crippen molar-refractivity contribution in [2.45, 2.75) is 19.3 Å². The van der Waals surface area contributed by atoms with Crippen LogP contribution in [0.15, 0.2) is 65.6 Å². The van der Waals surface area contributed by atoms with E-state index in [0.29, 0.717) is 28.3 Å². The number of aromatic nitrogens is 3. The summed E-state index contributed by atoms with van der Waals surface area (Å²) in [6.07, 6.45) is 0.921. The minimum absolute atomic E-state index is 0.0689. The Bertz CT molecular complexity index is 1570. The molecule has 4 rings (SSSR count). The summed E-state index contributed by atoms with van der Waals surface area (Å²) in [5.74, 6) is -2.86. The van der Waals surface area contributed by atoms with E-state index in [1.807, 2.05) is 30.3 Å². The Morgan fingerprint density at radius 3 is 2.44 bits per heavy atom. The molecule has 2 N–H and O–H groups in total. The van der Waals surface area contributed by atoms with Gasteiger partial charge in [0.25, 0.3) is 5.92 Å². The van der Waals surface area contributed by atoms with Gasteiger partial charge < -0.3 is 14.6 Å². The number of pyridine rings is 1. The van der Waals surface area contributed by atoms with Crippen LogP contribution in [0.1, 0.15) is 11.1 Å². The van der Waals surface area contributed by atoms with Gasteiger partial charge in [0, 0.05) is 49.7 Å². The minimum atomic E-state index is -3.20. The van der Waals surface area contributed by atoms with E-state index in [-0.39, 0.29) is 26.9 Å². The highest BCUT2D eigenvalue weighted by Crippen LogP contribution is 2.34. The Morgan fingerprint density at radius 2 is 1.77 bits per heavy atom. The molecule has 39 heavy (non-hydrogen) atoms. The summed E-state index contributed by atoms with van der Waals surface area (Å²) in [7, 11) is 2.81. The molecule has 2 aromatic carbocycles. The predicted octanol–water partition coefficient (Wildman–Crippen LogP) is 6.32. The number of rotatable bonds is 8. The molecule has 0 saturated carbocycles. The number of benzene rings is 2. The standard InChI is InChI=1S/C27H25Cl2F2N5O3/c1-16-24(17-9-10-23(37)35(2)14-17)34-36(19-7-5-4-6-8-19)25(16)33-26(38)32-22-12-21(29)20(28)11-18(22)13-27(30,31)15-39-3/h4-12,14H,13,15H2,1-3H3,(H2,32,33,38). The Balaban J connectivity index is 1.71. The molecule has 204 valence electrons. The second kappa shape index (κ2) is 11.6. The van der Waals surface area contributed by atoms with Gasteiger partial charge in [-0.1, -0.05) is 41.4 Å². The van der Waals surface area contributed by atoms with Crippen LogP contribution in [0.25, 0.3) is 16.9 Å². The van der Waals surface area contributed by atoms with Crippen LogP contribution < -0.4 is 16.2 Å². The van der Waals surface area contributed by atoms with Crippen molar-refractivity contribution in [1.82, 2.24) is 14.3 Å². The van der Waals surface area contributed by atoms with Crippen molar-refractivity contribution in [3.63, 3.8) is 0 Å². The third-order valence-electron chi connectivity index (χ3n) is 5.91. The molecule has 0 fully saturated rings. The molecule has 0 bridgehead atoms. The number of nitrogens with zero attached hydrogens (tertiary/aromatic N) is 3. The van der Waals surface area contributed by atoms with Crippen LogP contribution in [0.3, 0.4) is 0 Å². The molecule has 4 aromatic rings. The quantitative estimate of drug-likeness (QED) is 0.257. The number of para-hydroxylation sites is 1. The SMILES string of the molecule is COCC(F)(F)Cc1cc(Cl)c(Cl)cc1NC(=O)Nc1c(C)c(-c2ccc(=O)n(C)c2)nn1-c1ccccc1. The molecule has 12 heteroatoms. The number of urea groups is 1. The normalized spacial score (nSPS) is 11.5. The smallest absolute Gasteiger partial charge is 0.324 e. The first-order valence-electron chi connectivity index (χ1n) is 11.7. The number of alkyl halides is 2. The topological polar surface area (TPSA) is 90.2 Å². The maximum atomic E-state index is 14.4. The molecule has 0 aliphatic heterocycles. The Hall–Kier alpha value is -3.73. The highest BCUT2D eigenvalue weighted by Gasteiger charge is 2.31. The number of carbonyl (C=O) groups excluding carboxylic acids is 1. The van der Waals surface area contributed by atoms with Crippen LogP contribution in [0, 0.1) is 6.92 Å². The van der Waals surface area contributed by atoms with Crippen LogP contribution in [-0.2, 0) is 18.2 Å². The molecule has 8 nitrogen and oxygen atoms in total. The average Bonchev–Trinajstić information content (AvgIpc) is 3.20. The van der Waals surface area contributed by atoms with E-state index in [0.717, 1.165) is 0 Å². The number of amides is 2. The third-order valence-corrected chi connectivity index (χ3v) is 6.64. The van der Waals surface area contributed by atoms with E-state index in [4.69, 9.17) is 28.3 Å². The number of ether oxygens (including phenoxy) is 1. The molecule has 0 saturated heterocycles. The largest absolute Gasteiger partial charge is 0.378 e. The number of hydrogen-bond donors (Lipinski definition) is 2. The minimum Gasteiger partial charge on any atom is -0.378 e. The molecular formula is C27H25Cl2F2N5O3. The number of hydrogen-bond acceptors (Lipinski definition) is 4. The Kier molecular flexibility index (Phi) is 8.39. The summed E-state index contributed by atoms with van der Waals surface area (Å²) in [5.41, 5.74) is 2.47. The lowest BCUT2D eigenvalue weighted by atomic mass is 10.1. The summed E-state index contributed by atoms with van der Waals surface area (Å²) < 4.78 is 36.3.